The number of hydrogen-bond donors (Lipinski definition) is 0. The number of piperazine rings is 1. The number of amides is 3. The van der Waals surface area contributed by atoms with E-state index in [1.54, 1.807) is 21.6 Å². The van der Waals surface area contributed by atoms with E-state index < -0.39 is 0 Å². The molecule has 7 heteroatoms. The molecule has 1 aromatic rings. The van der Waals surface area contributed by atoms with Crippen molar-refractivity contribution in [2.45, 2.75) is 38.3 Å². The molecule has 27 heavy (non-hydrogen) atoms. The summed E-state index contributed by atoms with van der Waals surface area (Å²) in [6, 6.07) is 7.18. The summed E-state index contributed by atoms with van der Waals surface area (Å²) in [6.45, 7) is 2.23. The Labute approximate surface area is 163 Å². The molecule has 0 spiro atoms. The average molecular weight is 388 g/mol. The van der Waals surface area contributed by atoms with Gasteiger partial charge in [0.05, 0.1) is 5.88 Å². The Morgan fingerprint density at radius 3 is 2.44 bits per heavy atom. The van der Waals surface area contributed by atoms with Gasteiger partial charge < -0.3 is 14.7 Å². The van der Waals surface area contributed by atoms with Crippen molar-refractivity contribution < 1.29 is 14.4 Å². The highest BCUT2D eigenvalue weighted by Crippen LogP contribution is 2.26. The third kappa shape index (κ3) is 3.83. The molecule has 4 rings (SSSR count). The van der Waals surface area contributed by atoms with Crippen LogP contribution in [0.1, 0.15) is 41.6 Å². The summed E-state index contributed by atoms with van der Waals surface area (Å²) < 4.78 is 0. The maximum atomic E-state index is 12.7. The quantitative estimate of drug-likeness (QED) is 0.795. The second-order valence-corrected chi connectivity index (χ2v) is 8.48. The monoisotopic (exact) mass is 387 g/mol. The van der Waals surface area contributed by atoms with Crippen molar-refractivity contribution in [2.75, 3.05) is 31.3 Å². The van der Waals surface area contributed by atoms with Gasteiger partial charge in [0.25, 0.3) is 5.91 Å². The number of likely N-dealkylation sites (tertiary alicyclic amines) is 1. The molecule has 3 aliphatic heterocycles. The van der Waals surface area contributed by atoms with Crippen LogP contribution in [0.4, 0.5) is 0 Å². The van der Waals surface area contributed by atoms with Gasteiger partial charge in [-0.1, -0.05) is 25.0 Å². The maximum Gasteiger partial charge on any atom is 0.253 e. The van der Waals surface area contributed by atoms with E-state index in [9.17, 15) is 14.4 Å². The number of benzene rings is 1. The lowest BCUT2D eigenvalue weighted by Crippen LogP contribution is -2.57. The first-order valence-electron chi connectivity index (χ1n) is 9.68. The Kier molecular flexibility index (Phi) is 5.38. The highest BCUT2D eigenvalue weighted by atomic mass is 32.2. The van der Waals surface area contributed by atoms with Gasteiger partial charge >= 0.3 is 0 Å². The van der Waals surface area contributed by atoms with Gasteiger partial charge in [-0.2, -0.15) is 0 Å². The van der Waals surface area contributed by atoms with Gasteiger partial charge in [-0.05, 0) is 30.5 Å². The van der Waals surface area contributed by atoms with Crippen LogP contribution in [0.3, 0.4) is 0 Å². The van der Waals surface area contributed by atoms with E-state index in [0.717, 1.165) is 31.5 Å². The van der Waals surface area contributed by atoms with Crippen LogP contribution >= 0.6 is 11.8 Å². The van der Waals surface area contributed by atoms with Crippen LogP contribution in [-0.4, -0.2) is 69.7 Å². The van der Waals surface area contributed by atoms with E-state index >= 15 is 0 Å². The number of thioether (sulfide) groups is 1. The van der Waals surface area contributed by atoms with Crippen molar-refractivity contribution in [3.05, 3.63) is 35.4 Å². The second-order valence-electron chi connectivity index (χ2n) is 7.48. The average Bonchev–Trinajstić information content (AvgIpc) is 3.03. The topological polar surface area (TPSA) is 60.9 Å². The van der Waals surface area contributed by atoms with Gasteiger partial charge in [0, 0.05) is 31.0 Å². The number of rotatable bonds is 3. The first-order chi connectivity index (χ1) is 13.1. The Hall–Kier alpha value is -2.02. The van der Waals surface area contributed by atoms with Gasteiger partial charge in [0.2, 0.25) is 11.8 Å². The zero-order valence-corrected chi connectivity index (χ0v) is 16.2. The number of carbonyl (C=O) groups is 3. The standard InChI is InChI=1S/C20H25N3O3S/c24-18-12-22(20(26)17-13-27-14-23(17)18)11-15-5-7-16(8-6-15)19(25)21-9-3-1-2-4-10-21/h5-8,17H,1-4,9-14H2/t17-/m1/s1. The summed E-state index contributed by atoms with van der Waals surface area (Å²) in [5.41, 5.74) is 1.64. The van der Waals surface area contributed by atoms with Crippen molar-refractivity contribution >= 4 is 29.5 Å². The molecule has 0 saturated carbocycles. The molecule has 1 aromatic carbocycles. The molecule has 3 aliphatic rings. The molecule has 3 heterocycles. The van der Waals surface area contributed by atoms with E-state index in [1.165, 1.54) is 12.8 Å². The molecule has 0 aliphatic carbocycles. The molecule has 3 amide bonds. The van der Waals surface area contributed by atoms with E-state index in [0.29, 0.717) is 23.7 Å². The smallest absolute Gasteiger partial charge is 0.253 e. The van der Waals surface area contributed by atoms with E-state index in [4.69, 9.17) is 0 Å². The normalized spacial score (nSPS) is 23.4. The molecule has 0 N–H and O–H groups in total. The van der Waals surface area contributed by atoms with Gasteiger partial charge in [0.1, 0.15) is 12.6 Å². The minimum atomic E-state index is -0.305. The summed E-state index contributed by atoms with van der Waals surface area (Å²) in [4.78, 5) is 42.8. The number of nitrogens with zero attached hydrogens (tertiary/aromatic N) is 3. The molecule has 0 aromatic heterocycles. The van der Waals surface area contributed by atoms with Crippen LogP contribution < -0.4 is 0 Å². The Balaban J connectivity index is 1.41. The molecule has 3 fully saturated rings. The maximum absolute atomic E-state index is 12.7. The third-order valence-electron chi connectivity index (χ3n) is 5.59. The van der Waals surface area contributed by atoms with Crippen molar-refractivity contribution in [2.24, 2.45) is 0 Å². The zero-order chi connectivity index (χ0) is 18.8. The lowest BCUT2D eigenvalue weighted by Gasteiger charge is -2.35. The van der Waals surface area contributed by atoms with Gasteiger partial charge in [0.15, 0.2) is 0 Å². The van der Waals surface area contributed by atoms with Gasteiger partial charge in [-0.3, -0.25) is 14.4 Å². The number of hydrogen-bond acceptors (Lipinski definition) is 4. The summed E-state index contributed by atoms with van der Waals surface area (Å²) in [7, 11) is 0. The van der Waals surface area contributed by atoms with Crippen LogP contribution in [0.2, 0.25) is 0 Å². The van der Waals surface area contributed by atoms with Crippen LogP contribution in [0.5, 0.6) is 0 Å². The Morgan fingerprint density at radius 2 is 1.74 bits per heavy atom. The Morgan fingerprint density at radius 1 is 1.04 bits per heavy atom. The van der Waals surface area contributed by atoms with Gasteiger partial charge in [-0.25, -0.2) is 0 Å². The summed E-state index contributed by atoms with van der Waals surface area (Å²) in [5.74, 6) is 1.45. The molecule has 6 nitrogen and oxygen atoms in total. The fraction of sp³-hybridized carbons (Fsp3) is 0.550. The molecule has 0 unspecified atom stereocenters. The van der Waals surface area contributed by atoms with E-state index in [2.05, 4.69) is 0 Å². The summed E-state index contributed by atoms with van der Waals surface area (Å²) >= 11 is 1.63. The predicted molar refractivity (Wildman–Crippen MR) is 104 cm³/mol. The molecule has 0 radical (unpaired) electrons. The van der Waals surface area contributed by atoms with Crippen molar-refractivity contribution in [3.63, 3.8) is 0 Å². The molecule has 144 valence electrons. The van der Waals surface area contributed by atoms with E-state index in [1.807, 2.05) is 29.2 Å². The fourth-order valence-corrected chi connectivity index (χ4v) is 5.17. The molecule has 1 atom stereocenters. The van der Waals surface area contributed by atoms with Crippen molar-refractivity contribution in [1.29, 1.82) is 0 Å². The van der Waals surface area contributed by atoms with Crippen LogP contribution in [-0.2, 0) is 16.1 Å². The van der Waals surface area contributed by atoms with Gasteiger partial charge in [-0.15, -0.1) is 11.8 Å². The lowest BCUT2D eigenvalue weighted by molar-refractivity contribution is -0.153. The molecule has 3 saturated heterocycles. The minimum absolute atomic E-state index is 0.0255. The molecule has 0 bridgehead atoms. The zero-order valence-electron chi connectivity index (χ0n) is 15.4. The van der Waals surface area contributed by atoms with Crippen molar-refractivity contribution in [1.82, 2.24) is 14.7 Å². The molecular weight excluding hydrogens is 362 g/mol. The van der Waals surface area contributed by atoms with Crippen LogP contribution in [0.15, 0.2) is 24.3 Å². The molecular formula is C20H25N3O3S. The number of fused-ring (bicyclic) bond motifs is 1. The second kappa shape index (κ2) is 7.92. The summed E-state index contributed by atoms with van der Waals surface area (Å²) in [6.07, 6.45) is 4.54. The summed E-state index contributed by atoms with van der Waals surface area (Å²) in [5, 5.41) is 0. The Bertz CT molecular complexity index is 728. The minimum Gasteiger partial charge on any atom is -0.339 e. The fourth-order valence-electron chi connectivity index (χ4n) is 4.00. The largest absolute Gasteiger partial charge is 0.339 e. The highest BCUT2D eigenvalue weighted by Gasteiger charge is 2.42. The SMILES string of the molecule is O=C(c1ccc(CN2CC(=O)N3CSC[C@@H]3C2=O)cc1)N1CCCCCC1. The van der Waals surface area contributed by atoms with Crippen LogP contribution in [0.25, 0.3) is 0 Å². The van der Waals surface area contributed by atoms with Crippen molar-refractivity contribution in [3.8, 4) is 0 Å². The lowest BCUT2D eigenvalue weighted by atomic mass is 10.1. The first kappa shape index (κ1) is 18.3. The highest BCUT2D eigenvalue weighted by molar-refractivity contribution is 7.99. The van der Waals surface area contributed by atoms with E-state index in [-0.39, 0.29) is 30.3 Å². The predicted octanol–water partition coefficient (Wildman–Crippen LogP) is 1.95. The first-order valence-corrected chi connectivity index (χ1v) is 10.8. The third-order valence-corrected chi connectivity index (χ3v) is 6.61. The number of carbonyl (C=O) groups excluding carboxylic acids is 3. The van der Waals surface area contributed by atoms with Crippen LogP contribution in [0, 0.1) is 0 Å².